The van der Waals surface area contributed by atoms with Crippen molar-refractivity contribution in [2.75, 3.05) is 11.5 Å². The standard InChI is InChI=1S/C15H19N3O/c1-9(2)12-5-4-11(8-10(12)3)19-14-7-6-13(16)15(17)18-14/h4-9H,16H2,1-3H3,(H2,17,18). The fourth-order valence-electron chi connectivity index (χ4n) is 2.00. The van der Waals surface area contributed by atoms with Gasteiger partial charge in [0, 0.05) is 6.07 Å². The van der Waals surface area contributed by atoms with Gasteiger partial charge in [0.2, 0.25) is 5.88 Å². The number of benzene rings is 1. The number of hydrogen-bond acceptors (Lipinski definition) is 4. The van der Waals surface area contributed by atoms with Crippen LogP contribution < -0.4 is 16.2 Å². The van der Waals surface area contributed by atoms with Crippen LogP contribution >= 0.6 is 0 Å². The molecule has 0 unspecified atom stereocenters. The number of ether oxygens (including phenoxy) is 1. The largest absolute Gasteiger partial charge is 0.439 e. The Kier molecular flexibility index (Phi) is 3.60. The van der Waals surface area contributed by atoms with Gasteiger partial charge in [0.1, 0.15) is 5.75 Å². The molecule has 0 radical (unpaired) electrons. The van der Waals surface area contributed by atoms with Crippen LogP contribution in [-0.2, 0) is 0 Å². The highest BCUT2D eigenvalue weighted by molar-refractivity contribution is 5.58. The minimum absolute atomic E-state index is 0.285. The summed E-state index contributed by atoms with van der Waals surface area (Å²) in [5, 5.41) is 0. The molecule has 0 aliphatic rings. The van der Waals surface area contributed by atoms with Crippen molar-refractivity contribution >= 4 is 11.5 Å². The zero-order valence-corrected chi connectivity index (χ0v) is 11.5. The van der Waals surface area contributed by atoms with E-state index < -0.39 is 0 Å². The molecule has 2 rings (SSSR count). The Morgan fingerprint density at radius 2 is 1.84 bits per heavy atom. The van der Waals surface area contributed by atoms with Crippen molar-refractivity contribution in [2.45, 2.75) is 26.7 Å². The highest BCUT2D eigenvalue weighted by Gasteiger charge is 2.06. The lowest BCUT2D eigenvalue weighted by Crippen LogP contribution is -1.99. The highest BCUT2D eigenvalue weighted by Crippen LogP contribution is 2.27. The first kappa shape index (κ1) is 13.2. The van der Waals surface area contributed by atoms with Gasteiger partial charge in [0.05, 0.1) is 5.69 Å². The molecule has 1 aromatic carbocycles. The third-order valence-corrected chi connectivity index (χ3v) is 3.02. The zero-order valence-electron chi connectivity index (χ0n) is 11.5. The van der Waals surface area contributed by atoms with Crippen molar-refractivity contribution < 1.29 is 4.74 Å². The van der Waals surface area contributed by atoms with E-state index in [1.165, 1.54) is 11.1 Å². The monoisotopic (exact) mass is 257 g/mol. The van der Waals surface area contributed by atoms with E-state index in [9.17, 15) is 0 Å². The summed E-state index contributed by atoms with van der Waals surface area (Å²) in [5.41, 5.74) is 14.2. The summed E-state index contributed by atoms with van der Waals surface area (Å²) in [6, 6.07) is 9.42. The van der Waals surface area contributed by atoms with Gasteiger partial charge in [0.15, 0.2) is 5.82 Å². The Labute approximate surface area is 113 Å². The summed E-state index contributed by atoms with van der Waals surface area (Å²) < 4.78 is 5.68. The summed E-state index contributed by atoms with van der Waals surface area (Å²) >= 11 is 0. The van der Waals surface area contributed by atoms with Gasteiger partial charge >= 0.3 is 0 Å². The summed E-state index contributed by atoms with van der Waals surface area (Å²) in [6.45, 7) is 6.42. The first-order valence-corrected chi connectivity index (χ1v) is 6.27. The van der Waals surface area contributed by atoms with Crippen molar-refractivity contribution in [1.82, 2.24) is 4.98 Å². The van der Waals surface area contributed by atoms with E-state index in [1.807, 2.05) is 12.1 Å². The molecule has 1 aromatic heterocycles. The second kappa shape index (κ2) is 5.18. The Hall–Kier alpha value is -2.23. The number of aromatic nitrogens is 1. The van der Waals surface area contributed by atoms with Gasteiger partial charge in [-0.15, -0.1) is 0 Å². The molecule has 19 heavy (non-hydrogen) atoms. The molecule has 4 nitrogen and oxygen atoms in total. The lowest BCUT2D eigenvalue weighted by atomic mass is 9.98. The Bertz CT molecular complexity index is 594. The molecule has 0 saturated heterocycles. The molecular formula is C15H19N3O. The molecule has 0 atom stereocenters. The van der Waals surface area contributed by atoms with Crippen LogP contribution in [0.2, 0.25) is 0 Å². The first-order valence-electron chi connectivity index (χ1n) is 6.27. The number of nitrogens with two attached hydrogens (primary N) is 2. The maximum atomic E-state index is 5.68. The number of pyridine rings is 1. The smallest absolute Gasteiger partial charge is 0.221 e. The van der Waals surface area contributed by atoms with E-state index in [4.69, 9.17) is 16.2 Å². The second-order valence-electron chi connectivity index (χ2n) is 4.90. The van der Waals surface area contributed by atoms with E-state index in [0.29, 0.717) is 17.5 Å². The molecule has 0 aliphatic carbocycles. The molecule has 1 heterocycles. The SMILES string of the molecule is Cc1cc(Oc2ccc(N)c(N)n2)ccc1C(C)C. The molecule has 0 saturated carbocycles. The molecule has 0 amide bonds. The van der Waals surface area contributed by atoms with Crippen LogP contribution in [0.5, 0.6) is 11.6 Å². The lowest BCUT2D eigenvalue weighted by molar-refractivity contribution is 0.463. The summed E-state index contributed by atoms with van der Waals surface area (Å²) in [6.07, 6.45) is 0. The zero-order chi connectivity index (χ0) is 14.0. The molecule has 0 aliphatic heterocycles. The minimum Gasteiger partial charge on any atom is -0.439 e. The van der Waals surface area contributed by atoms with Crippen LogP contribution in [0.25, 0.3) is 0 Å². The van der Waals surface area contributed by atoms with Crippen molar-refractivity contribution in [1.29, 1.82) is 0 Å². The number of hydrogen-bond donors (Lipinski definition) is 2. The topological polar surface area (TPSA) is 74.2 Å². The van der Waals surface area contributed by atoms with Gasteiger partial charge in [-0.25, -0.2) is 0 Å². The van der Waals surface area contributed by atoms with Crippen molar-refractivity contribution in [3.05, 3.63) is 41.5 Å². The average molecular weight is 257 g/mol. The van der Waals surface area contributed by atoms with Gasteiger partial charge in [-0.2, -0.15) is 4.98 Å². The molecule has 4 heteroatoms. The minimum atomic E-state index is 0.285. The van der Waals surface area contributed by atoms with E-state index in [1.54, 1.807) is 12.1 Å². The van der Waals surface area contributed by atoms with Crippen LogP contribution in [0.1, 0.15) is 30.9 Å². The Balaban J connectivity index is 2.24. The van der Waals surface area contributed by atoms with Crippen LogP contribution in [0, 0.1) is 6.92 Å². The van der Waals surface area contributed by atoms with Crippen molar-refractivity contribution in [2.24, 2.45) is 0 Å². The maximum Gasteiger partial charge on any atom is 0.221 e. The first-order chi connectivity index (χ1) is 8.97. The highest BCUT2D eigenvalue weighted by atomic mass is 16.5. The maximum absolute atomic E-state index is 5.68. The molecule has 0 spiro atoms. The van der Waals surface area contributed by atoms with Crippen LogP contribution in [0.15, 0.2) is 30.3 Å². The summed E-state index contributed by atoms with van der Waals surface area (Å²) in [5.74, 6) is 1.98. The van der Waals surface area contributed by atoms with Gasteiger partial charge in [0.25, 0.3) is 0 Å². The number of rotatable bonds is 3. The number of nitrogens with zero attached hydrogens (tertiary/aromatic N) is 1. The number of aryl methyl sites for hydroxylation is 1. The fraction of sp³-hybridized carbons (Fsp3) is 0.267. The van der Waals surface area contributed by atoms with Gasteiger partial charge in [-0.3, -0.25) is 0 Å². The molecule has 0 fully saturated rings. The molecule has 0 bridgehead atoms. The molecule has 4 N–H and O–H groups in total. The average Bonchev–Trinajstić information content (AvgIpc) is 2.33. The van der Waals surface area contributed by atoms with Crippen LogP contribution in [0.4, 0.5) is 11.5 Å². The number of nitrogen functional groups attached to an aromatic ring is 2. The van der Waals surface area contributed by atoms with E-state index in [-0.39, 0.29) is 5.82 Å². The summed E-state index contributed by atoms with van der Waals surface area (Å²) in [4.78, 5) is 4.09. The molecular weight excluding hydrogens is 238 g/mol. The second-order valence-corrected chi connectivity index (χ2v) is 4.90. The normalized spacial score (nSPS) is 10.7. The van der Waals surface area contributed by atoms with E-state index in [2.05, 4.69) is 31.8 Å². The number of anilines is 2. The predicted octanol–water partition coefficient (Wildman–Crippen LogP) is 3.47. The molecule has 2 aromatic rings. The Morgan fingerprint density at radius 1 is 1.11 bits per heavy atom. The van der Waals surface area contributed by atoms with Crippen molar-refractivity contribution in [3.8, 4) is 11.6 Å². The summed E-state index contributed by atoms with van der Waals surface area (Å²) in [7, 11) is 0. The predicted molar refractivity (Wildman–Crippen MR) is 78.4 cm³/mol. The van der Waals surface area contributed by atoms with E-state index >= 15 is 0 Å². The van der Waals surface area contributed by atoms with Gasteiger partial charge in [-0.1, -0.05) is 19.9 Å². The molecule has 100 valence electrons. The third-order valence-electron chi connectivity index (χ3n) is 3.02. The third kappa shape index (κ3) is 2.96. The Morgan fingerprint density at radius 3 is 2.42 bits per heavy atom. The fourth-order valence-corrected chi connectivity index (χ4v) is 2.00. The van der Waals surface area contributed by atoms with E-state index in [0.717, 1.165) is 5.75 Å². The van der Waals surface area contributed by atoms with Crippen molar-refractivity contribution in [3.63, 3.8) is 0 Å². The van der Waals surface area contributed by atoms with Gasteiger partial charge in [-0.05, 0) is 42.2 Å². The van der Waals surface area contributed by atoms with Crippen LogP contribution in [0.3, 0.4) is 0 Å². The van der Waals surface area contributed by atoms with Gasteiger partial charge < -0.3 is 16.2 Å². The lowest BCUT2D eigenvalue weighted by Gasteiger charge is -2.12. The van der Waals surface area contributed by atoms with Crippen LogP contribution in [-0.4, -0.2) is 4.98 Å². The quantitative estimate of drug-likeness (QED) is 0.882.